The second-order valence-corrected chi connectivity index (χ2v) is 3.65. The Hall–Kier alpha value is -1.35. The van der Waals surface area contributed by atoms with Gasteiger partial charge in [0.25, 0.3) is 0 Å². The molecule has 0 atom stereocenters. The summed E-state index contributed by atoms with van der Waals surface area (Å²) in [5.41, 5.74) is 0.978. The number of nitrogens with zero attached hydrogens (tertiary/aromatic N) is 2. The quantitative estimate of drug-likeness (QED) is 0.716. The summed E-state index contributed by atoms with van der Waals surface area (Å²) in [4.78, 5) is 0. The molecule has 2 aromatic heterocycles. The molecule has 0 spiro atoms. The molecule has 0 aliphatic carbocycles. The van der Waals surface area contributed by atoms with Crippen molar-refractivity contribution in [1.29, 1.82) is 0 Å². The summed E-state index contributed by atoms with van der Waals surface area (Å²) in [5.74, 6) is 0. The summed E-state index contributed by atoms with van der Waals surface area (Å²) in [6.45, 7) is 3.52. The van der Waals surface area contributed by atoms with Crippen LogP contribution in [0.1, 0.15) is 19.4 Å². The standard InChI is InChI=1S/C10H12N2O/c1-10(2,13)8-7-11-12-6-4-3-5-9(8)12/h3-7,13H,1-2H3. The van der Waals surface area contributed by atoms with E-state index in [0.717, 1.165) is 11.1 Å². The molecule has 0 saturated heterocycles. The summed E-state index contributed by atoms with van der Waals surface area (Å²) >= 11 is 0. The van der Waals surface area contributed by atoms with Gasteiger partial charge >= 0.3 is 0 Å². The topological polar surface area (TPSA) is 37.5 Å². The van der Waals surface area contributed by atoms with Crippen molar-refractivity contribution in [3.05, 3.63) is 36.2 Å². The minimum absolute atomic E-state index is 0.830. The van der Waals surface area contributed by atoms with Crippen LogP contribution in [0.2, 0.25) is 0 Å². The van der Waals surface area contributed by atoms with Crippen LogP contribution >= 0.6 is 0 Å². The molecule has 0 amide bonds. The van der Waals surface area contributed by atoms with Crippen LogP contribution in [0.4, 0.5) is 0 Å². The fourth-order valence-electron chi connectivity index (χ4n) is 1.41. The Morgan fingerprint density at radius 3 is 2.85 bits per heavy atom. The highest BCUT2D eigenvalue weighted by atomic mass is 16.3. The lowest BCUT2D eigenvalue weighted by atomic mass is 10.0. The zero-order valence-corrected chi connectivity index (χ0v) is 7.73. The van der Waals surface area contributed by atoms with E-state index in [9.17, 15) is 5.11 Å². The van der Waals surface area contributed by atoms with Gasteiger partial charge in [-0.1, -0.05) is 6.07 Å². The molecule has 0 aromatic carbocycles. The molecule has 2 heterocycles. The molecule has 1 N–H and O–H groups in total. The molecule has 0 aliphatic rings. The molecule has 0 saturated carbocycles. The third-order valence-electron chi connectivity index (χ3n) is 2.09. The van der Waals surface area contributed by atoms with Crippen molar-refractivity contribution in [2.24, 2.45) is 0 Å². The SMILES string of the molecule is CC(C)(O)c1cnn2ccccc12. The van der Waals surface area contributed by atoms with Crippen LogP contribution in [-0.4, -0.2) is 14.7 Å². The lowest BCUT2D eigenvalue weighted by molar-refractivity contribution is 0.0801. The van der Waals surface area contributed by atoms with E-state index < -0.39 is 5.60 Å². The number of hydrogen-bond acceptors (Lipinski definition) is 2. The number of aromatic nitrogens is 2. The van der Waals surface area contributed by atoms with Gasteiger partial charge in [-0.15, -0.1) is 0 Å². The Kier molecular flexibility index (Phi) is 1.63. The first kappa shape index (κ1) is 8.26. The highest BCUT2D eigenvalue weighted by Gasteiger charge is 2.20. The van der Waals surface area contributed by atoms with Crippen LogP contribution in [0.5, 0.6) is 0 Å². The molecular formula is C10H12N2O. The minimum atomic E-state index is -0.830. The summed E-state index contributed by atoms with van der Waals surface area (Å²) in [7, 11) is 0. The van der Waals surface area contributed by atoms with E-state index in [1.165, 1.54) is 0 Å². The minimum Gasteiger partial charge on any atom is -0.386 e. The smallest absolute Gasteiger partial charge is 0.0877 e. The highest BCUT2D eigenvalue weighted by Crippen LogP contribution is 2.23. The molecule has 3 nitrogen and oxygen atoms in total. The molecule has 0 aliphatic heterocycles. The number of pyridine rings is 1. The average molecular weight is 176 g/mol. The lowest BCUT2D eigenvalue weighted by Gasteiger charge is -2.15. The van der Waals surface area contributed by atoms with Crippen molar-refractivity contribution in [2.75, 3.05) is 0 Å². The fraction of sp³-hybridized carbons (Fsp3) is 0.300. The van der Waals surface area contributed by atoms with E-state index in [1.54, 1.807) is 24.6 Å². The van der Waals surface area contributed by atoms with E-state index in [-0.39, 0.29) is 0 Å². The highest BCUT2D eigenvalue weighted by molar-refractivity contribution is 5.55. The molecule has 0 radical (unpaired) electrons. The Bertz CT molecular complexity index is 426. The third kappa shape index (κ3) is 1.31. The van der Waals surface area contributed by atoms with Crippen molar-refractivity contribution >= 4 is 5.52 Å². The van der Waals surface area contributed by atoms with Crippen LogP contribution in [0.3, 0.4) is 0 Å². The molecular weight excluding hydrogens is 164 g/mol. The van der Waals surface area contributed by atoms with Crippen LogP contribution < -0.4 is 0 Å². The zero-order chi connectivity index (χ0) is 9.47. The molecule has 0 bridgehead atoms. The van der Waals surface area contributed by atoms with Crippen LogP contribution in [-0.2, 0) is 5.60 Å². The maximum atomic E-state index is 9.82. The van der Waals surface area contributed by atoms with Gasteiger partial charge in [-0.3, -0.25) is 0 Å². The monoisotopic (exact) mass is 176 g/mol. The Morgan fingerprint density at radius 1 is 1.38 bits per heavy atom. The summed E-state index contributed by atoms with van der Waals surface area (Å²) in [5, 5.41) is 14.0. The maximum Gasteiger partial charge on any atom is 0.0877 e. The molecule has 0 fully saturated rings. The molecule has 13 heavy (non-hydrogen) atoms. The van der Waals surface area contributed by atoms with Gasteiger partial charge in [0, 0.05) is 11.8 Å². The van der Waals surface area contributed by atoms with Gasteiger partial charge in [0.05, 0.1) is 17.3 Å². The third-order valence-corrected chi connectivity index (χ3v) is 2.09. The number of aliphatic hydroxyl groups is 1. The van der Waals surface area contributed by atoms with Gasteiger partial charge in [0.15, 0.2) is 0 Å². The van der Waals surface area contributed by atoms with E-state index in [2.05, 4.69) is 5.10 Å². The van der Waals surface area contributed by atoms with Crippen molar-refractivity contribution in [3.63, 3.8) is 0 Å². The van der Waals surface area contributed by atoms with Crippen LogP contribution in [0.15, 0.2) is 30.6 Å². The molecule has 3 heteroatoms. The summed E-state index contributed by atoms with van der Waals surface area (Å²) in [6, 6.07) is 5.79. The predicted octanol–water partition coefficient (Wildman–Crippen LogP) is 1.56. The first-order valence-corrected chi connectivity index (χ1v) is 4.24. The van der Waals surface area contributed by atoms with E-state index >= 15 is 0 Å². The van der Waals surface area contributed by atoms with Crippen molar-refractivity contribution < 1.29 is 5.11 Å². The van der Waals surface area contributed by atoms with E-state index in [0.29, 0.717) is 0 Å². The van der Waals surface area contributed by atoms with Gasteiger partial charge < -0.3 is 5.11 Å². The molecule has 2 aromatic rings. The van der Waals surface area contributed by atoms with Crippen molar-refractivity contribution in [3.8, 4) is 0 Å². The Labute approximate surface area is 76.6 Å². The second kappa shape index (κ2) is 2.57. The van der Waals surface area contributed by atoms with Gasteiger partial charge in [0.1, 0.15) is 0 Å². The van der Waals surface area contributed by atoms with Gasteiger partial charge in [-0.05, 0) is 26.0 Å². The number of fused-ring (bicyclic) bond motifs is 1. The lowest BCUT2D eigenvalue weighted by Crippen LogP contribution is -2.14. The van der Waals surface area contributed by atoms with E-state index in [1.807, 2.05) is 24.4 Å². The van der Waals surface area contributed by atoms with Crippen LogP contribution in [0.25, 0.3) is 5.52 Å². The second-order valence-electron chi connectivity index (χ2n) is 3.65. The van der Waals surface area contributed by atoms with Gasteiger partial charge in [0.2, 0.25) is 0 Å². The maximum absolute atomic E-state index is 9.82. The number of hydrogen-bond donors (Lipinski definition) is 1. The zero-order valence-electron chi connectivity index (χ0n) is 7.73. The normalized spacial score (nSPS) is 12.2. The first-order valence-electron chi connectivity index (χ1n) is 4.24. The molecule has 0 unspecified atom stereocenters. The first-order chi connectivity index (χ1) is 6.09. The van der Waals surface area contributed by atoms with Gasteiger partial charge in [-0.2, -0.15) is 5.10 Å². The van der Waals surface area contributed by atoms with Crippen molar-refractivity contribution in [2.45, 2.75) is 19.4 Å². The summed E-state index contributed by atoms with van der Waals surface area (Å²) < 4.78 is 1.76. The molecule has 2 rings (SSSR count). The van der Waals surface area contributed by atoms with Gasteiger partial charge in [-0.25, -0.2) is 4.52 Å². The fourth-order valence-corrected chi connectivity index (χ4v) is 1.41. The Balaban J connectivity index is 2.72. The summed E-state index contributed by atoms with van der Waals surface area (Å²) in [6.07, 6.45) is 3.57. The largest absolute Gasteiger partial charge is 0.386 e. The number of rotatable bonds is 1. The van der Waals surface area contributed by atoms with Crippen molar-refractivity contribution in [1.82, 2.24) is 9.61 Å². The van der Waals surface area contributed by atoms with Crippen LogP contribution in [0, 0.1) is 0 Å². The van der Waals surface area contributed by atoms with E-state index in [4.69, 9.17) is 0 Å². The molecule has 68 valence electrons. The Morgan fingerprint density at radius 2 is 2.15 bits per heavy atom. The average Bonchev–Trinajstić information content (AvgIpc) is 2.45. The predicted molar refractivity (Wildman–Crippen MR) is 50.4 cm³/mol.